The number of unbranched alkanes of at least 4 members (excludes halogenated alkanes) is 2. The van der Waals surface area contributed by atoms with Crippen LogP contribution in [0.25, 0.3) is 0 Å². The fraction of sp³-hybridized carbons (Fsp3) is 0.765. The molecule has 0 fully saturated rings. The molecule has 1 rings (SSSR count). The van der Waals surface area contributed by atoms with Gasteiger partial charge in [0.1, 0.15) is 5.41 Å². The van der Waals surface area contributed by atoms with Gasteiger partial charge in [-0.15, -0.1) is 0 Å². The third kappa shape index (κ3) is 8.20. The van der Waals surface area contributed by atoms with E-state index in [1.165, 1.54) is 0 Å². The van der Waals surface area contributed by atoms with Gasteiger partial charge in [0.15, 0.2) is 0 Å². The zero-order valence-corrected chi connectivity index (χ0v) is 18.7. The standard InChI is InChI=1S/C11H18N2O3.C6H11ClO.Na/c1-4-6-7(3)11(5-2)8(14)12-10(16)13-9(11)15;1-2-3-4-5-6(7)8;/h7H,4-6H2,1-3H3,(H2,12,13,14,15,16);2-5H2,1H3;/q;;+1/p-1. The Morgan fingerprint density at radius 2 is 1.84 bits per heavy atom. The minimum absolute atomic E-state index is 0. The molecule has 0 spiro atoms. The van der Waals surface area contributed by atoms with E-state index in [4.69, 9.17) is 11.6 Å². The molecule has 8 heteroatoms. The van der Waals surface area contributed by atoms with Gasteiger partial charge in [0.2, 0.25) is 11.1 Å². The molecule has 6 nitrogen and oxygen atoms in total. The Balaban J connectivity index is 0. The number of halogens is 1. The molecular weight excluding hydrogens is 355 g/mol. The smallest absolute Gasteiger partial charge is 0.846 e. The van der Waals surface area contributed by atoms with Crippen molar-refractivity contribution in [2.45, 2.75) is 72.6 Å². The molecule has 1 N–H and O–H groups in total. The number of carbonyl (C=O) groups excluding carboxylic acids is 3. The molecule has 1 aliphatic heterocycles. The maximum Gasteiger partial charge on any atom is 1.00 e. The summed E-state index contributed by atoms with van der Waals surface area (Å²) in [5.41, 5.74) is -1.15. The van der Waals surface area contributed by atoms with Crippen LogP contribution in [0.5, 0.6) is 0 Å². The number of amides is 2. The van der Waals surface area contributed by atoms with E-state index >= 15 is 0 Å². The molecule has 0 saturated carbocycles. The number of rotatable bonds is 8. The van der Waals surface area contributed by atoms with E-state index in [9.17, 15) is 19.5 Å². The third-order valence-electron chi connectivity index (χ3n) is 4.31. The molecule has 2 amide bonds. The summed E-state index contributed by atoms with van der Waals surface area (Å²) in [5.74, 6) is -1.20. The van der Waals surface area contributed by atoms with Crippen molar-refractivity contribution in [2.75, 3.05) is 0 Å². The molecule has 138 valence electrons. The van der Waals surface area contributed by atoms with Gasteiger partial charge in [-0.3, -0.25) is 14.4 Å². The van der Waals surface area contributed by atoms with Crippen LogP contribution < -0.4 is 40.0 Å². The van der Waals surface area contributed by atoms with Gasteiger partial charge in [0.05, 0.1) is 6.02 Å². The van der Waals surface area contributed by atoms with Crippen molar-refractivity contribution in [2.24, 2.45) is 16.3 Å². The first-order valence-electron chi connectivity index (χ1n) is 8.56. The minimum atomic E-state index is -1.15. The molecule has 0 aliphatic carbocycles. The quantitative estimate of drug-likeness (QED) is 0.265. The predicted molar refractivity (Wildman–Crippen MR) is 92.4 cm³/mol. The van der Waals surface area contributed by atoms with Crippen molar-refractivity contribution in [1.82, 2.24) is 5.32 Å². The number of hydrogen-bond donors (Lipinski definition) is 1. The number of nitrogens with zero attached hydrogens (tertiary/aromatic N) is 1. The molecule has 1 heterocycles. The van der Waals surface area contributed by atoms with Crippen molar-refractivity contribution in [3.8, 4) is 0 Å². The Labute approximate surface area is 177 Å². The Bertz CT molecular complexity index is 485. The zero-order chi connectivity index (χ0) is 18.8. The van der Waals surface area contributed by atoms with Crippen LogP contribution >= 0.6 is 11.6 Å². The summed E-state index contributed by atoms with van der Waals surface area (Å²) in [7, 11) is 0. The van der Waals surface area contributed by atoms with E-state index in [0.29, 0.717) is 12.8 Å². The molecule has 0 aromatic carbocycles. The second-order valence-electron chi connectivity index (χ2n) is 6.00. The summed E-state index contributed by atoms with van der Waals surface area (Å²) in [4.78, 5) is 37.1. The van der Waals surface area contributed by atoms with Crippen LogP contribution in [0.4, 0.5) is 0 Å². The van der Waals surface area contributed by atoms with Crippen LogP contribution in [-0.2, 0) is 14.4 Å². The van der Waals surface area contributed by atoms with Gasteiger partial charge in [-0.1, -0.05) is 47.0 Å². The fourth-order valence-corrected chi connectivity index (χ4v) is 2.95. The Kier molecular flexibility index (Phi) is 14.7. The van der Waals surface area contributed by atoms with E-state index in [2.05, 4.69) is 17.2 Å². The molecule has 1 aliphatic rings. The maximum atomic E-state index is 11.9. The van der Waals surface area contributed by atoms with E-state index in [1.54, 1.807) is 6.92 Å². The number of aliphatic imine (C=N–C) groups is 1. The zero-order valence-electron chi connectivity index (χ0n) is 16.0. The SMILES string of the molecule is CCCC(C)C1(CC)C(=O)N=C([O-])NC1=O.CCCCCC(=O)Cl.[Na+]. The van der Waals surface area contributed by atoms with Gasteiger partial charge in [-0.25, -0.2) is 4.99 Å². The summed E-state index contributed by atoms with van der Waals surface area (Å²) in [6, 6.07) is -0.845. The molecule has 25 heavy (non-hydrogen) atoms. The van der Waals surface area contributed by atoms with Crippen molar-refractivity contribution in [1.29, 1.82) is 0 Å². The Morgan fingerprint density at radius 1 is 1.24 bits per heavy atom. The summed E-state index contributed by atoms with van der Waals surface area (Å²) < 4.78 is 0. The van der Waals surface area contributed by atoms with E-state index in [-0.39, 0.29) is 40.7 Å². The average molecular weight is 383 g/mol. The fourth-order valence-electron chi connectivity index (χ4n) is 2.81. The maximum absolute atomic E-state index is 11.9. The second-order valence-corrected chi connectivity index (χ2v) is 6.42. The van der Waals surface area contributed by atoms with Gasteiger partial charge in [0, 0.05) is 6.42 Å². The van der Waals surface area contributed by atoms with Crippen LogP contribution in [0, 0.1) is 11.3 Å². The summed E-state index contributed by atoms with van der Waals surface area (Å²) >= 11 is 5.07. The first kappa shape index (κ1) is 26.8. The number of amidine groups is 1. The second kappa shape index (κ2) is 13.7. The molecule has 0 saturated heterocycles. The topological polar surface area (TPSA) is 98.7 Å². The van der Waals surface area contributed by atoms with Crippen LogP contribution in [-0.4, -0.2) is 23.1 Å². The minimum Gasteiger partial charge on any atom is -0.846 e. The van der Waals surface area contributed by atoms with Crippen molar-refractivity contribution in [3.63, 3.8) is 0 Å². The van der Waals surface area contributed by atoms with Crippen molar-refractivity contribution >= 4 is 34.7 Å². The molecule has 0 bridgehead atoms. The van der Waals surface area contributed by atoms with Gasteiger partial charge in [0.25, 0.3) is 5.91 Å². The first-order chi connectivity index (χ1) is 11.3. The van der Waals surface area contributed by atoms with E-state index in [1.807, 2.05) is 13.8 Å². The largest absolute Gasteiger partial charge is 1.00 e. The normalized spacial score (nSPS) is 20.4. The molecule has 0 aromatic heterocycles. The van der Waals surface area contributed by atoms with Crippen LogP contribution in [0.2, 0.25) is 0 Å². The van der Waals surface area contributed by atoms with E-state index in [0.717, 1.165) is 32.1 Å². The average Bonchev–Trinajstić information content (AvgIpc) is 2.48. The number of hydrogen-bond acceptors (Lipinski definition) is 4. The molecular formula is C17H28ClN2NaO4. The van der Waals surface area contributed by atoms with Crippen molar-refractivity contribution in [3.05, 3.63) is 0 Å². The summed E-state index contributed by atoms with van der Waals surface area (Å²) in [6.45, 7) is 7.72. The summed E-state index contributed by atoms with van der Waals surface area (Å²) in [6.07, 6.45) is 5.75. The van der Waals surface area contributed by atoms with Gasteiger partial charge in [-0.2, -0.15) is 0 Å². The Morgan fingerprint density at radius 3 is 2.24 bits per heavy atom. The van der Waals surface area contributed by atoms with Gasteiger partial charge < -0.3 is 10.4 Å². The third-order valence-corrected chi connectivity index (χ3v) is 4.50. The van der Waals surface area contributed by atoms with Crippen LogP contribution in [0.1, 0.15) is 72.6 Å². The van der Waals surface area contributed by atoms with Gasteiger partial charge >= 0.3 is 29.6 Å². The first-order valence-corrected chi connectivity index (χ1v) is 8.93. The number of nitrogens with one attached hydrogen (secondary N) is 1. The monoisotopic (exact) mass is 382 g/mol. The Hall–Kier alpha value is -0.430. The summed E-state index contributed by atoms with van der Waals surface area (Å²) in [5, 5.41) is 12.9. The molecule has 2 atom stereocenters. The molecule has 0 aromatic rings. The molecule has 0 radical (unpaired) electrons. The van der Waals surface area contributed by atoms with Crippen LogP contribution in [0.3, 0.4) is 0 Å². The van der Waals surface area contributed by atoms with Gasteiger partial charge in [-0.05, 0) is 36.8 Å². The predicted octanol–water partition coefficient (Wildman–Crippen LogP) is -0.472. The van der Waals surface area contributed by atoms with E-state index < -0.39 is 23.3 Å². The molecule has 2 unspecified atom stereocenters. The van der Waals surface area contributed by atoms with Crippen LogP contribution in [0.15, 0.2) is 4.99 Å². The van der Waals surface area contributed by atoms with Crippen molar-refractivity contribution < 1.29 is 49.0 Å². The number of carbonyl (C=O) groups is 3.